The summed E-state index contributed by atoms with van der Waals surface area (Å²) < 4.78 is 15.7. The van der Waals surface area contributed by atoms with E-state index in [0.29, 0.717) is 33.6 Å². The number of carbonyl (C=O) groups is 2. The van der Waals surface area contributed by atoms with Gasteiger partial charge in [0.05, 0.1) is 32.8 Å². The van der Waals surface area contributed by atoms with E-state index in [1.165, 1.54) is 23.8 Å². The van der Waals surface area contributed by atoms with Crippen LogP contribution in [0.25, 0.3) is 6.08 Å². The van der Waals surface area contributed by atoms with Gasteiger partial charge in [0.1, 0.15) is 11.4 Å². The van der Waals surface area contributed by atoms with Crippen LogP contribution >= 0.6 is 11.8 Å². The molecule has 0 fully saturated rings. The van der Waals surface area contributed by atoms with Crippen molar-refractivity contribution in [2.24, 2.45) is 4.99 Å². The molecule has 4 rings (SSSR count). The van der Waals surface area contributed by atoms with Crippen LogP contribution in [-0.4, -0.2) is 43.9 Å². The third-order valence-corrected chi connectivity index (χ3v) is 6.24. The van der Waals surface area contributed by atoms with Crippen LogP contribution in [0.1, 0.15) is 15.9 Å². The highest BCUT2D eigenvalue weighted by Gasteiger charge is 2.32. The van der Waals surface area contributed by atoms with Crippen LogP contribution in [0.3, 0.4) is 0 Å². The van der Waals surface area contributed by atoms with Gasteiger partial charge in [-0.3, -0.25) is 14.5 Å². The normalized spacial score (nSPS) is 14.1. The maximum atomic E-state index is 13.3. The van der Waals surface area contributed by atoms with Gasteiger partial charge in [-0.15, -0.1) is 0 Å². The molecule has 35 heavy (non-hydrogen) atoms. The molecular weight excluding hydrogens is 464 g/mol. The Kier molecular flexibility index (Phi) is 7.52. The standard InChI is InChI=1S/C27H24N2O5S/c1-32-21-12-9-18(10-13-21)15-22-26(31)29(20-7-5-4-6-8-20)27(28-22)35-17-23(30)19-11-14-24(33-2)25(16-19)34-3/h4-16H,17H2,1-3H3/b22-15-. The fraction of sp³-hybridized carbons (Fsp3) is 0.148. The molecule has 3 aromatic carbocycles. The van der Waals surface area contributed by atoms with Crippen LogP contribution in [0, 0.1) is 0 Å². The molecule has 3 aromatic rings. The number of nitrogens with zero attached hydrogens (tertiary/aromatic N) is 2. The molecule has 0 aliphatic carbocycles. The molecule has 0 N–H and O–H groups in total. The highest BCUT2D eigenvalue weighted by Crippen LogP contribution is 2.31. The Morgan fingerprint density at radius 1 is 0.914 bits per heavy atom. The molecule has 0 atom stereocenters. The number of thioether (sulfide) groups is 1. The first-order valence-electron chi connectivity index (χ1n) is 10.8. The SMILES string of the molecule is COc1ccc(/C=C2\N=C(SCC(=O)c3ccc(OC)c(OC)c3)N(c3ccccc3)C2=O)cc1. The predicted octanol–water partition coefficient (Wildman–Crippen LogP) is 5.07. The molecule has 8 heteroatoms. The summed E-state index contributed by atoms with van der Waals surface area (Å²) in [7, 11) is 4.66. The monoisotopic (exact) mass is 488 g/mol. The van der Waals surface area contributed by atoms with Crippen molar-refractivity contribution in [3.8, 4) is 17.2 Å². The lowest BCUT2D eigenvalue weighted by Crippen LogP contribution is -2.30. The summed E-state index contributed by atoms with van der Waals surface area (Å²) in [5, 5.41) is 0.440. The molecule has 1 amide bonds. The summed E-state index contributed by atoms with van der Waals surface area (Å²) in [6.07, 6.45) is 1.72. The van der Waals surface area contributed by atoms with Gasteiger partial charge in [-0.25, -0.2) is 4.99 Å². The minimum absolute atomic E-state index is 0.0980. The van der Waals surface area contributed by atoms with E-state index in [1.807, 2.05) is 54.6 Å². The van der Waals surface area contributed by atoms with Gasteiger partial charge < -0.3 is 14.2 Å². The largest absolute Gasteiger partial charge is 0.497 e. The average Bonchev–Trinajstić information content (AvgIpc) is 3.22. The molecule has 1 aliphatic heterocycles. The van der Waals surface area contributed by atoms with Crippen molar-refractivity contribution < 1.29 is 23.8 Å². The van der Waals surface area contributed by atoms with Crippen molar-refractivity contribution in [2.45, 2.75) is 0 Å². The van der Waals surface area contributed by atoms with E-state index in [9.17, 15) is 9.59 Å². The molecule has 0 saturated heterocycles. The first kappa shape index (κ1) is 24.1. The lowest BCUT2D eigenvalue weighted by molar-refractivity contribution is -0.113. The van der Waals surface area contributed by atoms with E-state index in [2.05, 4.69) is 4.99 Å². The summed E-state index contributed by atoms with van der Waals surface area (Å²) in [5.41, 5.74) is 2.28. The number of hydrogen-bond acceptors (Lipinski definition) is 7. The Morgan fingerprint density at radius 2 is 1.63 bits per heavy atom. The zero-order chi connectivity index (χ0) is 24.8. The second kappa shape index (κ2) is 10.9. The summed E-state index contributed by atoms with van der Waals surface area (Å²) in [6.45, 7) is 0. The van der Waals surface area contributed by atoms with Gasteiger partial charge in [0.25, 0.3) is 5.91 Å². The maximum absolute atomic E-state index is 13.3. The zero-order valence-corrected chi connectivity index (χ0v) is 20.4. The number of para-hydroxylation sites is 1. The van der Waals surface area contributed by atoms with Gasteiger partial charge >= 0.3 is 0 Å². The predicted molar refractivity (Wildman–Crippen MR) is 139 cm³/mol. The van der Waals surface area contributed by atoms with Crippen LogP contribution in [0.2, 0.25) is 0 Å². The van der Waals surface area contributed by atoms with E-state index in [0.717, 1.165) is 11.3 Å². The van der Waals surface area contributed by atoms with Crippen LogP contribution in [0.5, 0.6) is 17.2 Å². The molecule has 0 aromatic heterocycles. The topological polar surface area (TPSA) is 77.4 Å². The highest BCUT2D eigenvalue weighted by atomic mass is 32.2. The first-order valence-corrected chi connectivity index (χ1v) is 11.7. The molecule has 0 radical (unpaired) electrons. The van der Waals surface area contributed by atoms with Crippen molar-refractivity contribution in [1.82, 2.24) is 0 Å². The Morgan fingerprint density at radius 3 is 2.29 bits per heavy atom. The molecule has 7 nitrogen and oxygen atoms in total. The number of amidine groups is 1. The lowest BCUT2D eigenvalue weighted by Gasteiger charge is -2.17. The second-order valence-corrected chi connectivity index (χ2v) is 8.40. The smallest absolute Gasteiger partial charge is 0.283 e. The van der Waals surface area contributed by atoms with E-state index in [1.54, 1.807) is 38.5 Å². The number of hydrogen-bond donors (Lipinski definition) is 0. The fourth-order valence-electron chi connectivity index (χ4n) is 3.48. The fourth-order valence-corrected chi connectivity index (χ4v) is 4.39. The van der Waals surface area contributed by atoms with Crippen molar-refractivity contribution >= 4 is 40.4 Å². The number of ketones is 1. The maximum Gasteiger partial charge on any atom is 0.283 e. The Hall–Kier alpha value is -4.04. The number of methoxy groups -OCH3 is 3. The zero-order valence-electron chi connectivity index (χ0n) is 19.6. The van der Waals surface area contributed by atoms with Crippen LogP contribution in [0.4, 0.5) is 5.69 Å². The van der Waals surface area contributed by atoms with E-state index in [4.69, 9.17) is 14.2 Å². The summed E-state index contributed by atoms with van der Waals surface area (Å²) in [6, 6.07) is 21.6. The molecule has 0 saturated carbocycles. The van der Waals surface area contributed by atoms with Crippen LogP contribution in [0.15, 0.2) is 83.5 Å². The van der Waals surface area contributed by atoms with Crippen molar-refractivity contribution in [3.63, 3.8) is 0 Å². The van der Waals surface area contributed by atoms with E-state index >= 15 is 0 Å². The number of rotatable bonds is 8. The van der Waals surface area contributed by atoms with Crippen molar-refractivity contribution in [1.29, 1.82) is 0 Å². The lowest BCUT2D eigenvalue weighted by atomic mass is 10.1. The molecule has 1 heterocycles. The van der Waals surface area contributed by atoms with Gasteiger partial charge in [0.15, 0.2) is 22.4 Å². The number of amides is 1. The van der Waals surface area contributed by atoms with Gasteiger partial charge in [-0.1, -0.05) is 42.1 Å². The molecular formula is C27H24N2O5S. The number of carbonyl (C=O) groups excluding carboxylic acids is 2. The van der Waals surface area contributed by atoms with Crippen LogP contribution in [-0.2, 0) is 4.79 Å². The van der Waals surface area contributed by atoms with Gasteiger partial charge in [-0.2, -0.15) is 0 Å². The number of Topliss-reactive ketones (excluding diaryl/α,β-unsaturated/α-hetero) is 1. The number of ether oxygens (including phenoxy) is 3. The Bertz CT molecular complexity index is 1290. The van der Waals surface area contributed by atoms with Gasteiger partial charge in [0, 0.05) is 5.56 Å². The Balaban J connectivity index is 1.59. The molecule has 178 valence electrons. The quantitative estimate of drug-likeness (QED) is 0.325. The van der Waals surface area contributed by atoms with Gasteiger partial charge in [0.2, 0.25) is 0 Å². The number of aliphatic imine (C=N–C) groups is 1. The van der Waals surface area contributed by atoms with Crippen molar-refractivity contribution in [3.05, 3.63) is 89.6 Å². The minimum atomic E-state index is -0.256. The molecule has 0 bridgehead atoms. The second-order valence-electron chi connectivity index (χ2n) is 7.45. The molecule has 0 unspecified atom stereocenters. The average molecular weight is 489 g/mol. The third kappa shape index (κ3) is 5.38. The van der Waals surface area contributed by atoms with E-state index < -0.39 is 0 Å². The Labute approximate surface area is 208 Å². The highest BCUT2D eigenvalue weighted by molar-refractivity contribution is 8.14. The van der Waals surface area contributed by atoms with E-state index in [-0.39, 0.29) is 17.4 Å². The third-order valence-electron chi connectivity index (χ3n) is 5.30. The summed E-state index contributed by atoms with van der Waals surface area (Å²) in [5.74, 6) is 1.48. The van der Waals surface area contributed by atoms with Crippen molar-refractivity contribution in [2.75, 3.05) is 32.0 Å². The molecule has 0 spiro atoms. The number of anilines is 1. The first-order chi connectivity index (χ1) is 17.0. The molecule has 1 aliphatic rings. The summed E-state index contributed by atoms with van der Waals surface area (Å²) in [4.78, 5) is 32.3. The van der Waals surface area contributed by atoms with Crippen LogP contribution < -0.4 is 19.1 Å². The summed E-state index contributed by atoms with van der Waals surface area (Å²) >= 11 is 1.21. The van der Waals surface area contributed by atoms with Gasteiger partial charge in [-0.05, 0) is 54.1 Å². The minimum Gasteiger partial charge on any atom is -0.497 e. The number of benzene rings is 3.